The fourth-order valence-corrected chi connectivity index (χ4v) is 2.23. The first-order valence-corrected chi connectivity index (χ1v) is 6.11. The van der Waals surface area contributed by atoms with Gasteiger partial charge in [0.25, 0.3) is 0 Å². The molecule has 0 saturated heterocycles. The van der Waals surface area contributed by atoms with Gasteiger partial charge in [0.15, 0.2) is 0 Å². The summed E-state index contributed by atoms with van der Waals surface area (Å²) in [6, 6.07) is 0. The van der Waals surface area contributed by atoms with Gasteiger partial charge in [-0.15, -0.1) is 11.8 Å². The Morgan fingerprint density at radius 3 is 2.71 bits per heavy atom. The van der Waals surface area contributed by atoms with Crippen LogP contribution in [0.2, 0.25) is 0 Å². The summed E-state index contributed by atoms with van der Waals surface area (Å²) >= 11 is 1.58. The van der Waals surface area contributed by atoms with Crippen LogP contribution >= 0.6 is 11.8 Å². The molecule has 0 amide bonds. The van der Waals surface area contributed by atoms with Gasteiger partial charge in [0.1, 0.15) is 5.25 Å². The van der Waals surface area contributed by atoms with Crippen LogP contribution in [0, 0.1) is 0 Å². The normalized spacial score (nSPS) is 12.5. The smallest absolute Gasteiger partial charge is 0.318 e. The third-order valence-corrected chi connectivity index (χ3v) is 3.26. The number of hydrogen-bond donors (Lipinski definition) is 1. The minimum absolute atomic E-state index is 0.0495. The fourth-order valence-electron chi connectivity index (χ4n) is 1.08. The molecule has 0 bridgehead atoms. The lowest BCUT2D eigenvalue weighted by molar-refractivity contribution is -0.140. The van der Waals surface area contributed by atoms with Crippen LogP contribution in [0.5, 0.6) is 0 Å². The Bertz CT molecular complexity index is 150. The molecule has 0 aromatic heterocycles. The number of ether oxygens (including phenoxy) is 1. The number of aliphatic hydroxyl groups is 1. The summed E-state index contributed by atoms with van der Waals surface area (Å²) in [6.45, 7) is 2.29. The van der Waals surface area contributed by atoms with E-state index in [1.54, 1.807) is 11.8 Å². The van der Waals surface area contributed by atoms with Crippen molar-refractivity contribution in [3.8, 4) is 0 Å². The highest BCUT2D eigenvalue weighted by Crippen LogP contribution is 2.19. The van der Waals surface area contributed by atoms with E-state index < -0.39 is 0 Å². The van der Waals surface area contributed by atoms with Crippen LogP contribution in [0.1, 0.15) is 32.6 Å². The maximum Gasteiger partial charge on any atom is 0.318 e. The number of methoxy groups -OCH3 is 1. The summed E-state index contributed by atoms with van der Waals surface area (Å²) in [7, 11) is 1.42. The zero-order valence-electron chi connectivity index (χ0n) is 8.99. The predicted octanol–water partition coefficient (Wildman–Crippen LogP) is 1.83. The largest absolute Gasteiger partial charge is 0.468 e. The molecule has 0 aliphatic carbocycles. The van der Waals surface area contributed by atoms with Crippen LogP contribution in [-0.4, -0.2) is 35.8 Å². The van der Waals surface area contributed by atoms with Crippen LogP contribution in [0.4, 0.5) is 0 Å². The lowest BCUT2D eigenvalue weighted by Crippen LogP contribution is -2.19. The van der Waals surface area contributed by atoms with Gasteiger partial charge in [0.05, 0.1) is 7.11 Å². The molecule has 0 aromatic carbocycles. The molecule has 84 valence electrons. The first-order valence-electron chi connectivity index (χ1n) is 5.06. The van der Waals surface area contributed by atoms with Gasteiger partial charge in [-0.2, -0.15) is 0 Å². The van der Waals surface area contributed by atoms with Crippen molar-refractivity contribution in [2.45, 2.75) is 37.9 Å². The summed E-state index contributed by atoms with van der Waals surface area (Å²) in [4.78, 5) is 11.3. The van der Waals surface area contributed by atoms with Crippen molar-refractivity contribution in [1.29, 1.82) is 0 Å². The maximum absolute atomic E-state index is 11.3. The second kappa shape index (κ2) is 9.34. The Kier molecular flexibility index (Phi) is 9.19. The average Bonchev–Trinajstić information content (AvgIpc) is 2.22. The SMILES string of the molecule is CCCCC(SCCCO)C(=O)OC. The highest BCUT2D eigenvalue weighted by molar-refractivity contribution is 8.00. The van der Waals surface area contributed by atoms with Crippen molar-refractivity contribution in [3.05, 3.63) is 0 Å². The molecule has 1 atom stereocenters. The zero-order chi connectivity index (χ0) is 10.8. The number of thioether (sulfide) groups is 1. The number of carbonyl (C=O) groups excluding carboxylic acids is 1. The van der Waals surface area contributed by atoms with Crippen molar-refractivity contribution in [3.63, 3.8) is 0 Å². The molecule has 0 radical (unpaired) electrons. The molecule has 14 heavy (non-hydrogen) atoms. The first-order chi connectivity index (χ1) is 6.76. The van der Waals surface area contributed by atoms with E-state index in [0.29, 0.717) is 0 Å². The van der Waals surface area contributed by atoms with E-state index in [2.05, 4.69) is 6.92 Å². The topological polar surface area (TPSA) is 46.5 Å². The molecule has 0 saturated carbocycles. The molecule has 0 aromatic rings. The average molecular weight is 220 g/mol. The number of unbranched alkanes of at least 4 members (excludes halogenated alkanes) is 1. The van der Waals surface area contributed by atoms with Crippen molar-refractivity contribution < 1.29 is 14.6 Å². The molecular formula is C10H20O3S. The monoisotopic (exact) mass is 220 g/mol. The zero-order valence-corrected chi connectivity index (χ0v) is 9.81. The minimum Gasteiger partial charge on any atom is -0.468 e. The van der Waals surface area contributed by atoms with Gasteiger partial charge in [-0.1, -0.05) is 19.8 Å². The van der Waals surface area contributed by atoms with Gasteiger partial charge < -0.3 is 9.84 Å². The Balaban J connectivity index is 3.78. The Labute approximate surface area is 90.2 Å². The quantitative estimate of drug-likeness (QED) is 0.501. The highest BCUT2D eigenvalue weighted by Gasteiger charge is 2.18. The standard InChI is InChI=1S/C10H20O3S/c1-3-4-6-9(10(12)13-2)14-8-5-7-11/h9,11H,3-8H2,1-2H3. The molecule has 0 spiro atoms. The van der Waals surface area contributed by atoms with E-state index in [0.717, 1.165) is 31.4 Å². The Morgan fingerprint density at radius 2 is 2.21 bits per heavy atom. The molecule has 0 aliphatic rings. The molecule has 0 heterocycles. The number of aliphatic hydroxyl groups excluding tert-OH is 1. The van der Waals surface area contributed by atoms with Gasteiger partial charge in [-0.25, -0.2) is 0 Å². The van der Waals surface area contributed by atoms with Gasteiger partial charge in [-0.05, 0) is 18.6 Å². The van der Waals surface area contributed by atoms with Gasteiger partial charge >= 0.3 is 5.97 Å². The van der Waals surface area contributed by atoms with Crippen LogP contribution < -0.4 is 0 Å². The number of hydrogen-bond acceptors (Lipinski definition) is 4. The van der Waals surface area contributed by atoms with E-state index >= 15 is 0 Å². The molecule has 0 rings (SSSR count). The summed E-state index contributed by atoms with van der Waals surface area (Å²) in [5.41, 5.74) is 0. The Hall–Kier alpha value is -0.220. The maximum atomic E-state index is 11.3. The number of rotatable bonds is 8. The first kappa shape index (κ1) is 13.8. The molecule has 4 heteroatoms. The van der Waals surface area contributed by atoms with E-state index in [-0.39, 0.29) is 17.8 Å². The lowest BCUT2D eigenvalue weighted by atomic mass is 10.2. The molecule has 0 fully saturated rings. The predicted molar refractivity (Wildman–Crippen MR) is 59.5 cm³/mol. The van der Waals surface area contributed by atoms with Crippen molar-refractivity contribution in [2.75, 3.05) is 19.5 Å². The summed E-state index contributed by atoms with van der Waals surface area (Å²) in [5.74, 6) is 0.682. The van der Waals surface area contributed by atoms with Crippen molar-refractivity contribution >= 4 is 17.7 Å². The van der Waals surface area contributed by atoms with E-state index in [9.17, 15) is 4.79 Å². The van der Waals surface area contributed by atoms with E-state index in [1.165, 1.54) is 7.11 Å². The molecule has 0 aliphatic heterocycles. The fraction of sp³-hybridized carbons (Fsp3) is 0.900. The summed E-state index contributed by atoms with van der Waals surface area (Å²) < 4.78 is 4.72. The highest BCUT2D eigenvalue weighted by atomic mass is 32.2. The third-order valence-electron chi connectivity index (χ3n) is 1.91. The van der Waals surface area contributed by atoms with Crippen LogP contribution in [-0.2, 0) is 9.53 Å². The minimum atomic E-state index is -0.138. The molecule has 1 N–H and O–H groups in total. The van der Waals surface area contributed by atoms with Crippen molar-refractivity contribution in [1.82, 2.24) is 0 Å². The van der Waals surface area contributed by atoms with Gasteiger partial charge in [0.2, 0.25) is 0 Å². The van der Waals surface area contributed by atoms with Crippen LogP contribution in [0.25, 0.3) is 0 Å². The van der Waals surface area contributed by atoms with Crippen molar-refractivity contribution in [2.24, 2.45) is 0 Å². The molecule has 1 unspecified atom stereocenters. The van der Waals surface area contributed by atoms with E-state index in [1.807, 2.05) is 0 Å². The number of carbonyl (C=O) groups is 1. The summed E-state index contributed by atoms with van der Waals surface area (Å²) in [6.07, 6.45) is 3.75. The number of esters is 1. The third kappa shape index (κ3) is 6.27. The Morgan fingerprint density at radius 1 is 1.50 bits per heavy atom. The molecule has 3 nitrogen and oxygen atoms in total. The summed E-state index contributed by atoms with van der Waals surface area (Å²) in [5, 5.41) is 8.57. The van der Waals surface area contributed by atoms with Gasteiger partial charge in [0, 0.05) is 6.61 Å². The second-order valence-electron chi connectivity index (χ2n) is 3.10. The lowest BCUT2D eigenvalue weighted by Gasteiger charge is -2.13. The van der Waals surface area contributed by atoms with Crippen LogP contribution in [0.3, 0.4) is 0 Å². The second-order valence-corrected chi connectivity index (χ2v) is 4.41. The molecular weight excluding hydrogens is 200 g/mol. The van der Waals surface area contributed by atoms with Crippen LogP contribution in [0.15, 0.2) is 0 Å². The van der Waals surface area contributed by atoms with Gasteiger partial charge in [-0.3, -0.25) is 4.79 Å². The van der Waals surface area contributed by atoms with E-state index in [4.69, 9.17) is 9.84 Å².